The van der Waals surface area contributed by atoms with Crippen LogP contribution in [0, 0.1) is 0 Å². The molecule has 0 aromatic heterocycles. The molecule has 0 saturated heterocycles. The third-order valence-corrected chi connectivity index (χ3v) is 1.19. The van der Waals surface area contributed by atoms with Gasteiger partial charge in [0.05, 0.1) is 0 Å². The summed E-state index contributed by atoms with van der Waals surface area (Å²) in [6.45, 7) is 9.34. The number of nitrogens with two attached hydrogens (primary N) is 1. The average molecular weight is 137 g/mol. The molecule has 0 heterocycles. The predicted molar refractivity (Wildman–Crippen MR) is 46.5 cm³/mol. The fourth-order valence-electron chi connectivity index (χ4n) is 0.569. The molecule has 0 amide bonds. The van der Waals surface area contributed by atoms with Crippen molar-refractivity contribution >= 4 is 0 Å². The van der Waals surface area contributed by atoms with Crippen LogP contribution >= 0.6 is 0 Å². The van der Waals surface area contributed by atoms with Gasteiger partial charge in [0.1, 0.15) is 0 Å². The zero-order valence-corrected chi connectivity index (χ0v) is 6.56. The summed E-state index contributed by atoms with van der Waals surface area (Å²) in [5.74, 6) is 0. The SMILES string of the molecule is C=C/C(N)=C\CCC(=C)C. The van der Waals surface area contributed by atoms with Crippen LogP contribution in [0.2, 0.25) is 0 Å². The number of rotatable bonds is 4. The highest BCUT2D eigenvalue weighted by molar-refractivity contribution is 5.11. The Morgan fingerprint density at radius 1 is 1.60 bits per heavy atom. The Morgan fingerprint density at radius 2 is 2.20 bits per heavy atom. The average Bonchev–Trinajstić information content (AvgIpc) is 1.87. The molecule has 0 bridgehead atoms. The monoisotopic (exact) mass is 137 g/mol. The van der Waals surface area contributed by atoms with Crippen molar-refractivity contribution in [1.29, 1.82) is 0 Å². The Kier molecular flexibility index (Phi) is 4.38. The zero-order valence-electron chi connectivity index (χ0n) is 6.56. The first-order valence-corrected chi connectivity index (χ1v) is 3.39. The highest BCUT2D eigenvalue weighted by atomic mass is 14.5. The van der Waals surface area contributed by atoms with Crippen LogP contribution in [0.15, 0.2) is 36.6 Å². The molecule has 0 aliphatic heterocycles. The summed E-state index contributed by atoms with van der Waals surface area (Å²) in [5, 5.41) is 0. The van der Waals surface area contributed by atoms with Gasteiger partial charge in [-0.1, -0.05) is 18.2 Å². The van der Waals surface area contributed by atoms with E-state index in [-0.39, 0.29) is 0 Å². The molecule has 0 fully saturated rings. The molecular formula is C9H15N. The molecule has 0 saturated carbocycles. The summed E-state index contributed by atoms with van der Waals surface area (Å²) in [4.78, 5) is 0. The van der Waals surface area contributed by atoms with Crippen LogP contribution in [0.3, 0.4) is 0 Å². The first-order valence-electron chi connectivity index (χ1n) is 3.39. The lowest BCUT2D eigenvalue weighted by atomic mass is 10.2. The highest BCUT2D eigenvalue weighted by Gasteiger charge is 1.84. The van der Waals surface area contributed by atoms with Gasteiger partial charge < -0.3 is 5.73 Å². The molecule has 1 nitrogen and oxygen atoms in total. The Hall–Kier alpha value is -0.980. The second-order valence-electron chi connectivity index (χ2n) is 2.40. The van der Waals surface area contributed by atoms with Crippen molar-refractivity contribution in [3.05, 3.63) is 36.6 Å². The molecular weight excluding hydrogens is 122 g/mol. The summed E-state index contributed by atoms with van der Waals surface area (Å²) in [5.41, 5.74) is 7.41. The minimum absolute atomic E-state index is 0.751. The van der Waals surface area contributed by atoms with Crippen LogP contribution in [0.4, 0.5) is 0 Å². The smallest absolute Gasteiger partial charge is 0.0267 e. The van der Waals surface area contributed by atoms with Crippen LogP contribution in [-0.4, -0.2) is 0 Å². The Morgan fingerprint density at radius 3 is 2.60 bits per heavy atom. The van der Waals surface area contributed by atoms with Crippen LogP contribution in [0.25, 0.3) is 0 Å². The van der Waals surface area contributed by atoms with Gasteiger partial charge in [-0.3, -0.25) is 0 Å². The summed E-state index contributed by atoms with van der Waals surface area (Å²) in [6, 6.07) is 0. The van der Waals surface area contributed by atoms with Crippen molar-refractivity contribution < 1.29 is 0 Å². The summed E-state index contributed by atoms with van der Waals surface area (Å²) in [7, 11) is 0. The van der Waals surface area contributed by atoms with E-state index in [1.807, 2.05) is 13.0 Å². The van der Waals surface area contributed by atoms with Crippen molar-refractivity contribution in [3.8, 4) is 0 Å². The largest absolute Gasteiger partial charge is 0.399 e. The Bertz CT molecular complexity index is 154. The lowest BCUT2D eigenvalue weighted by molar-refractivity contribution is 0.975. The quantitative estimate of drug-likeness (QED) is 0.467. The van der Waals surface area contributed by atoms with Gasteiger partial charge in [0.25, 0.3) is 0 Å². The normalized spacial score (nSPS) is 11.1. The third-order valence-electron chi connectivity index (χ3n) is 1.19. The lowest BCUT2D eigenvalue weighted by Crippen LogP contribution is -1.91. The van der Waals surface area contributed by atoms with Gasteiger partial charge in [0, 0.05) is 5.70 Å². The fraction of sp³-hybridized carbons (Fsp3) is 0.333. The lowest BCUT2D eigenvalue weighted by Gasteiger charge is -1.94. The Balaban J connectivity index is 3.52. The van der Waals surface area contributed by atoms with E-state index in [1.165, 1.54) is 5.57 Å². The number of hydrogen-bond donors (Lipinski definition) is 1. The van der Waals surface area contributed by atoms with Crippen molar-refractivity contribution in [2.24, 2.45) is 5.73 Å². The topological polar surface area (TPSA) is 26.0 Å². The fourth-order valence-corrected chi connectivity index (χ4v) is 0.569. The summed E-state index contributed by atoms with van der Waals surface area (Å²) >= 11 is 0. The molecule has 0 unspecified atom stereocenters. The third kappa shape index (κ3) is 5.16. The maximum atomic E-state index is 5.47. The molecule has 0 aliphatic carbocycles. The maximum absolute atomic E-state index is 5.47. The molecule has 0 atom stereocenters. The van der Waals surface area contributed by atoms with Gasteiger partial charge in [0.15, 0.2) is 0 Å². The summed E-state index contributed by atoms with van der Waals surface area (Å²) < 4.78 is 0. The molecule has 1 heteroatoms. The van der Waals surface area contributed by atoms with Gasteiger partial charge in [0.2, 0.25) is 0 Å². The second-order valence-corrected chi connectivity index (χ2v) is 2.40. The van der Waals surface area contributed by atoms with E-state index in [1.54, 1.807) is 6.08 Å². The first kappa shape index (κ1) is 9.02. The van der Waals surface area contributed by atoms with Gasteiger partial charge in [-0.15, -0.1) is 6.58 Å². The predicted octanol–water partition coefficient (Wildman–Crippen LogP) is 2.37. The van der Waals surface area contributed by atoms with E-state index < -0.39 is 0 Å². The standard InChI is InChI=1S/C9H15N/c1-4-9(10)7-5-6-8(2)3/h4,7H,1-2,5-6,10H2,3H3/b9-7+. The molecule has 0 aromatic rings. The number of hydrogen-bond acceptors (Lipinski definition) is 1. The van der Waals surface area contributed by atoms with E-state index in [4.69, 9.17) is 5.73 Å². The zero-order chi connectivity index (χ0) is 7.98. The summed E-state index contributed by atoms with van der Waals surface area (Å²) in [6.07, 6.45) is 5.59. The minimum atomic E-state index is 0.751. The van der Waals surface area contributed by atoms with E-state index >= 15 is 0 Å². The molecule has 0 spiro atoms. The number of allylic oxidation sites excluding steroid dienone is 3. The van der Waals surface area contributed by atoms with Crippen molar-refractivity contribution in [1.82, 2.24) is 0 Å². The van der Waals surface area contributed by atoms with Crippen molar-refractivity contribution in [2.45, 2.75) is 19.8 Å². The molecule has 0 aliphatic rings. The van der Waals surface area contributed by atoms with E-state index in [0.717, 1.165) is 18.5 Å². The minimum Gasteiger partial charge on any atom is -0.399 e. The maximum Gasteiger partial charge on any atom is 0.0267 e. The molecule has 56 valence electrons. The van der Waals surface area contributed by atoms with Crippen LogP contribution in [0.1, 0.15) is 19.8 Å². The highest BCUT2D eigenvalue weighted by Crippen LogP contribution is 2.02. The van der Waals surface area contributed by atoms with Gasteiger partial charge >= 0.3 is 0 Å². The van der Waals surface area contributed by atoms with Gasteiger partial charge in [-0.25, -0.2) is 0 Å². The molecule has 0 radical (unpaired) electrons. The van der Waals surface area contributed by atoms with E-state index in [2.05, 4.69) is 13.2 Å². The van der Waals surface area contributed by atoms with Crippen LogP contribution in [-0.2, 0) is 0 Å². The van der Waals surface area contributed by atoms with Crippen LogP contribution in [0.5, 0.6) is 0 Å². The second kappa shape index (κ2) is 4.86. The Labute approximate surface area is 62.9 Å². The van der Waals surface area contributed by atoms with Crippen molar-refractivity contribution in [2.75, 3.05) is 0 Å². The van der Waals surface area contributed by atoms with Gasteiger partial charge in [-0.2, -0.15) is 0 Å². The first-order chi connectivity index (χ1) is 4.66. The van der Waals surface area contributed by atoms with Gasteiger partial charge in [-0.05, 0) is 25.8 Å². The molecule has 0 aromatic carbocycles. The molecule has 2 N–H and O–H groups in total. The van der Waals surface area contributed by atoms with Crippen molar-refractivity contribution in [3.63, 3.8) is 0 Å². The van der Waals surface area contributed by atoms with Crippen LogP contribution < -0.4 is 5.73 Å². The molecule has 0 rings (SSSR count). The molecule has 10 heavy (non-hydrogen) atoms. The van der Waals surface area contributed by atoms with E-state index in [0.29, 0.717) is 0 Å². The van der Waals surface area contributed by atoms with E-state index in [9.17, 15) is 0 Å².